The monoisotopic (exact) mass is 448 g/mol. The largest absolute Gasteiger partial charge is 0.464 e. The van der Waals surface area contributed by atoms with Gasteiger partial charge in [0, 0.05) is 22.9 Å². The van der Waals surface area contributed by atoms with Crippen LogP contribution < -0.4 is 0 Å². The van der Waals surface area contributed by atoms with E-state index in [2.05, 4.69) is 5.10 Å². The summed E-state index contributed by atoms with van der Waals surface area (Å²) in [4.78, 5) is 23.4. The average molecular weight is 448 g/mol. The van der Waals surface area contributed by atoms with Crippen molar-refractivity contribution in [1.82, 2.24) is 9.78 Å². The van der Waals surface area contributed by atoms with Crippen LogP contribution in [0.3, 0.4) is 0 Å². The quantitative estimate of drug-likeness (QED) is 0.278. The van der Waals surface area contributed by atoms with Crippen molar-refractivity contribution in [3.63, 3.8) is 0 Å². The standard InChI is InChI=1S/C22H16F4N2O4/c1-2-32-20(30)18(11-29)28-10-12(9-27-28)15-7-13(23)8-17-19(15)14-5-3-4-6-16(14)21(17,31)22(24,25)26/h3-11,18,31H,2H2,1H3. The molecule has 1 aliphatic rings. The van der Waals surface area contributed by atoms with Crippen molar-refractivity contribution in [2.45, 2.75) is 24.7 Å². The van der Waals surface area contributed by atoms with Gasteiger partial charge in [-0.3, -0.25) is 4.68 Å². The van der Waals surface area contributed by atoms with Crippen LogP contribution in [0.15, 0.2) is 48.8 Å². The molecule has 0 bridgehead atoms. The van der Waals surface area contributed by atoms with Crippen LogP contribution in [-0.2, 0) is 19.9 Å². The molecular formula is C22H16F4N2O4. The summed E-state index contributed by atoms with van der Waals surface area (Å²) >= 11 is 0. The van der Waals surface area contributed by atoms with E-state index < -0.39 is 40.7 Å². The minimum Gasteiger partial charge on any atom is -0.464 e. The van der Waals surface area contributed by atoms with Gasteiger partial charge < -0.3 is 14.6 Å². The molecule has 2 aromatic carbocycles. The highest BCUT2D eigenvalue weighted by Gasteiger charge is 2.61. The highest BCUT2D eigenvalue weighted by Crippen LogP contribution is 2.57. The lowest BCUT2D eigenvalue weighted by Gasteiger charge is -2.28. The molecular weight excluding hydrogens is 432 g/mol. The Bertz CT molecular complexity index is 1220. The first-order chi connectivity index (χ1) is 15.1. The summed E-state index contributed by atoms with van der Waals surface area (Å²) in [5.41, 5.74) is -4.22. The van der Waals surface area contributed by atoms with E-state index in [1.54, 1.807) is 6.92 Å². The van der Waals surface area contributed by atoms with E-state index in [4.69, 9.17) is 4.74 Å². The Morgan fingerprint density at radius 2 is 1.97 bits per heavy atom. The number of rotatable bonds is 5. The van der Waals surface area contributed by atoms with Crippen LogP contribution in [0, 0.1) is 5.82 Å². The first-order valence-electron chi connectivity index (χ1n) is 9.53. The average Bonchev–Trinajstić information content (AvgIpc) is 3.31. The maximum Gasteiger partial charge on any atom is 0.425 e. The van der Waals surface area contributed by atoms with Gasteiger partial charge in [-0.25, -0.2) is 9.18 Å². The maximum atomic E-state index is 14.5. The first-order valence-corrected chi connectivity index (χ1v) is 9.53. The van der Waals surface area contributed by atoms with Crippen molar-refractivity contribution in [3.05, 3.63) is 65.7 Å². The molecule has 6 nitrogen and oxygen atoms in total. The van der Waals surface area contributed by atoms with Crippen molar-refractivity contribution in [2.24, 2.45) is 0 Å². The van der Waals surface area contributed by atoms with Gasteiger partial charge in [-0.2, -0.15) is 18.3 Å². The molecule has 32 heavy (non-hydrogen) atoms. The third-order valence-corrected chi connectivity index (χ3v) is 5.34. The van der Waals surface area contributed by atoms with E-state index in [1.807, 2.05) is 0 Å². The summed E-state index contributed by atoms with van der Waals surface area (Å²) in [5.74, 6) is -1.86. The fourth-order valence-electron chi connectivity index (χ4n) is 3.96. The van der Waals surface area contributed by atoms with E-state index in [1.165, 1.54) is 30.6 Å². The highest BCUT2D eigenvalue weighted by molar-refractivity contribution is 5.93. The number of halogens is 4. The minimum absolute atomic E-state index is 0.0137. The Kier molecular flexibility index (Phi) is 5.12. The summed E-state index contributed by atoms with van der Waals surface area (Å²) in [6, 6.07) is 5.65. The normalized spacial score (nSPS) is 18.1. The Hall–Kier alpha value is -3.53. The zero-order valence-corrected chi connectivity index (χ0v) is 16.6. The number of alkyl halides is 3. The highest BCUT2D eigenvalue weighted by atomic mass is 19.4. The van der Waals surface area contributed by atoms with E-state index in [9.17, 15) is 32.3 Å². The molecule has 0 radical (unpaired) electrons. The van der Waals surface area contributed by atoms with E-state index in [0.717, 1.165) is 16.8 Å². The van der Waals surface area contributed by atoms with Gasteiger partial charge in [0.25, 0.3) is 0 Å². The van der Waals surface area contributed by atoms with Crippen LogP contribution in [0.5, 0.6) is 0 Å². The molecule has 1 aliphatic carbocycles. The number of carbonyl (C=O) groups excluding carboxylic acids is 2. The van der Waals surface area contributed by atoms with Crippen LogP contribution in [0.4, 0.5) is 17.6 Å². The molecule has 2 unspecified atom stereocenters. The molecule has 1 N–H and O–H groups in total. The lowest BCUT2D eigenvalue weighted by atomic mass is 9.89. The molecule has 0 saturated carbocycles. The second-order valence-corrected chi connectivity index (χ2v) is 7.17. The van der Waals surface area contributed by atoms with Gasteiger partial charge in [0.15, 0.2) is 6.29 Å². The summed E-state index contributed by atoms with van der Waals surface area (Å²) in [7, 11) is 0. The zero-order chi connectivity index (χ0) is 23.3. The summed E-state index contributed by atoms with van der Waals surface area (Å²) in [6.45, 7) is 1.59. The topological polar surface area (TPSA) is 81.4 Å². The first kappa shape index (κ1) is 21.7. The number of aldehydes is 1. The number of benzene rings is 2. The molecule has 0 aliphatic heterocycles. The second kappa shape index (κ2) is 7.56. The van der Waals surface area contributed by atoms with Crippen molar-refractivity contribution in [3.8, 4) is 22.3 Å². The van der Waals surface area contributed by atoms with Crippen LogP contribution in [0.25, 0.3) is 22.3 Å². The molecule has 166 valence electrons. The predicted molar refractivity (Wildman–Crippen MR) is 104 cm³/mol. The molecule has 0 spiro atoms. The smallest absolute Gasteiger partial charge is 0.425 e. The SMILES string of the molecule is CCOC(=O)C(C=O)n1cc(-c2cc(F)cc3c2-c2ccccc2C3(O)C(F)(F)F)cn1. The molecule has 0 saturated heterocycles. The number of aromatic nitrogens is 2. The van der Waals surface area contributed by atoms with Crippen LogP contribution >= 0.6 is 0 Å². The van der Waals surface area contributed by atoms with Gasteiger partial charge in [-0.1, -0.05) is 24.3 Å². The molecule has 0 fully saturated rings. The van der Waals surface area contributed by atoms with Crippen molar-refractivity contribution in [2.75, 3.05) is 6.61 Å². The van der Waals surface area contributed by atoms with Gasteiger partial charge in [0.05, 0.1) is 12.8 Å². The molecule has 0 amide bonds. The lowest BCUT2D eigenvalue weighted by molar-refractivity contribution is -0.246. The van der Waals surface area contributed by atoms with Gasteiger partial charge in [0.2, 0.25) is 11.6 Å². The fraction of sp³-hybridized carbons (Fsp3) is 0.227. The van der Waals surface area contributed by atoms with Gasteiger partial charge in [0.1, 0.15) is 5.82 Å². The molecule has 3 aromatic rings. The Morgan fingerprint density at radius 1 is 1.25 bits per heavy atom. The fourth-order valence-corrected chi connectivity index (χ4v) is 3.96. The number of nitrogens with zero attached hydrogens (tertiary/aromatic N) is 2. The van der Waals surface area contributed by atoms with E-state index in [0.29, 0.717) is 12.4 Å². The number of aliphatic hydroxyl groups is 1. The lowest BCUT2D eigenvalue weighted by Crippen LogP contribution is -2.41. The number of fused-ring (bicyclic) bond motifs is 3. The number of ether oxygens (including phenoxy) is 1. The Balaban J connectivity index is 1.93. The molecule has 1 aromatic heterocycles. The molecule has 4 rings (SSSR count). The molecule has 10 heteroatoms. The number of hydrogen-bond acceptors (Lipinski definition) is 5. The Morgan fingerprint density at radius 3 is 2.62 bits per heavy atom. The second-order valence-electron chi connectivity index (χ2n) is 7.17. The van der Waals surface area contributed by atoms with Gasteiger partial charge in [-0.15, -0.1) is 0 Å². The van der Waals surface area contributed by atoms with Gasteiger partial charge >= 0.3 is 12.1 Å². The zero-order valence-electron chi connectivity index (χ0n) is 16.6. The number of esters is 1. The summed E-state index contributed by atoms with van der Waals surface area (Å²) in [5, 5.41) is 14.7. The number of carbonyl (C=O) groups is 2. The predicted octanol–water partition coefficient (Wildman–Crippen LogP) is 3.77. The van der Waals surface area contributed by atoms with E-state index >= 15 is 0 Å². The number of hydrogen-bond donors (Lipinski definition) is 1. The third kappa shape index (κ3) is 3.10. The van der Waals surface area contributed by atoms with Crippen molar-refractivity contribution < 1.29 is 37.0 Å². The van der Waals surface area contributed by atoms with Crippen molar-refractivity contribution >= 4 is 12.3 Å². The van der Waals surface area contributed by atoms with Gasteiger partial charge in [-0.05, 0) is 35.7 Å². The van der Waals surface area contributed by atoms with E-state index in [-0.39, 0.29) is 28.9 Å². The van der Waals surface area contributed by atoms with Crippen LogP contribution in [0.2, 0.25) is 0 Å². The van der Waals surface area contributed by atoms with Crippen molar-refractivity contribution in [1.29, 1.82) is 0 Å². The maximum absolute atomic E-state index is 14.5. The van der Waals surface area contributed by atoms with Crippen LogP contribution in [0.1, 0.15) is 24.1 Å². The van der Waals surface area contributed by atoms with Crippen LogP contribution in [-0.4, -0.2) is 39.9 Å². The third-order valence-electron chi connectivity index (χ3n) is 5.34. The summed E-state index contributed by atoms with van der Waals surface area (Å²) in [6.07, 6.45) is -2.38. The Labute approximate surface area is 179 Å². The minimum atomic E-state index is -5.11. The molecule has 1 heterocycles. The summed E-state index contributed by atoms with van der Waals surface area (Å²) < 4.78 is 62.3. The molecule has 2 atom stereocenters.